The van der Waals surface area contributed by atoms with Crippen LogP contribution < -0.4 is 4.74 Å². The predicted molar refractivity (Wildman–Crippen MR) is 83.5 cm³/mol. The van der Waals surface area contributed by atoms with Crippen LogP contribution in [0.5, 0.6) is 5.88 Å². The first-order valence-corrected chi connectivity index (χ1v) is 7.55. The molecule has 0 bridgehead atoms. The fourth-order valence-electron chi connectivity index (χ4n) is 2.96. The summed E-state index contributed by atoms with van der Waals surface area (Å²) in [5.74, 6) is 0.792. The second-order valence-electron chi connectivity index (χ2n) is 5.78. The third-order valence-corrected chi connectivity index (χ3v) is 4.11. The zero-order valence-corrected chi connectivity index (χ0v) is 12.7. The Balaban J connectivity index is 1.58. The van der Waals surface area contributed by atoms with Crippen LogP contribution in [0.4, 0.5) is 0 Å². The van der Waals surface area contributed by atoms with Gasteiger partial charge in [-0.3, -0.25) is 4.90 Å². The van der Waals surface area contributed by atoms with Crippen LogP contribution in [0, 0.1) is 5.92 Å². The fraction of sp³-hybridized carbons (Fsp3) is 0.412. The summed E-state index contributed by atoms with van der Waals surface area (Å²) in [6.07, 6.45) is 0.624. The molecule has 1 saturated heterocycles. The molecule has 0 amide bonds. The molecule has 1 aliphatic heterocycles. The van der Waals surface area contributed by atoms with E-state index in [0.717, 1.165) is 18.7 Å². The van der Waals surface area contributed by atoms with Crippen LogP contribution in [0.15, 0.2) is 42.5 Å². The molecule has 116 valence electrons. The Bertz CT molecular complexity index is 589. The number of β-amino-alcohol motifs (C(OH)–C–C–N with tert-alkyl or cyclic N) is 1. The fourth-order valence-corrected chi connectivity index (χ4v) is 2.96. The van der Waals surface area contributed by atoms with Gasteiger partial charge in [-0.25, -0.2) is 0 Å². The highest BCUT2D eigenvalue weighted by Crippen LogP contribution is 2.22. The highest BCUT2D eigenvalue weighted by molar-refractivity contribution is 5.16. The van der Waals surface area contributed by atoms with Crippen LogP contribution in [0.2, 0.25) is 0 Å². The molecular formula is C17H21N3O2. The van der Waals surface area contributed by atoms with E-state index in [4.69, 9.17) is 4.74 Å². The number of nitrogens with zero attached hydrogens (tertiary/aromatic N) is 3. The molecule has 5 nitrogen and oxygen atoms in total. The number of aromatic nitrogens is 2. The van der Waals surface area contributed by atoms with Crippen molar-refractivity contribution in [3.05, 3.63) is 53.7 Å². The Morgan fingerprint density at radius 3 is 2.64 bits per heavy atom. The number of rotatable bonds is 5. The van der Waals surface area contributed by atoms with Crippen LogP contribution in [0.25, 0.3) is 0 Å². The molecule has 0 spiro atoms. The largest absolute Gasteiger partial charge is 0.480 e. The lowest BCUT2D eigenvalue weighted by Gasteiger charge is -2.15. The molecule has 2 heterocycles. The molecule has 5 heteroatoms. The van der Waals surface area contributed by atoms with E-state index >= 15 is 0 Å². The minimum Gasteiger partial charge on any atom is -0.480 e. The van der Waals surface area contributed by atoms with Crippen molar-refractivity contribution >= 4 is 0 Å². The molecule has 1 aliphatic rings. The summed E-state index contributed by atoms with van der Waals surface area (Å²) in [6.45, 7) is 2.27. The van der Waals surface area contributed by atoms with Crippen LogP contribution in [0.1, 0.15) is 11.3 Å². The number of aliphatic hydroxyl groups excluding tert-OH is 1. The molecular weight excluding hydrogens is 278 g/mol. The second-order valence-corrected chi connectivity index (χ2v) is 5.78. The molecule has 2 aromatic rings. The first-order valence-electron chi connectivity index (χ1n) is 7.55. The molecule has 0 aliphatic carbocycles. The van der Waals surface area contributed by atoms with Gasteiger partial charge >= 0.3 is 0 Å². The zero-order valence-electron chi connectivity index (χ0n) is 12.7. The Labute approximate surface area is 130 Å². The molecule has 2 atom stereocenters. The van der Waals surface area contributed by atoms with Gasteiger partial charge in [-0.15, -0.1) is 5.10 Å². The quantitative estimate of drug-likeness (QED) is 0.907. The molecule has 0 radical (unpaired) electrons. The van der Waals surface area contributed by atoms with Gasteiger partial charge in [0.25, 0.3) is 0 Å². The maximum Gasteiger partial charge on any atom is 0.233 e. The molecule has 1 fully saturated rings. The predicted octanol–water partition coefficient (Wildman–Crippen LogP) is 1.52. The number of hydrogen-bond donors (Lipinski definition) is 1. The first kappa shape index (κ1) is 14.9. The Morgan fingerprint density at radius 2 is 1.95 bits per heavy atom. The summed E-state index contributed by atoms with van der Waals surface area (Å²) in [4.78, 5) is 2.23. The van der Waals surface area contributed by atoms with Gasteiger partial charge < -0.3 is 9.84 Å². The van der Waals surface area contributed by atoms with Crippen molar-refractivity contribution in [1.29, 1.82) is 0 Å². The average molecular weight is 299 g/mol. The van der Waals surface area contributed by atoms with Crippen molar-refractivity contribution in [3.8, 4) is 5.88 Å². The van der Waals surface area contributed by atoms with Gasteiger partial charge in [-0.1, -0.05) is 30.3 Å². The molecule has 1 aromatic carbocycles. The minimum atomic E-state index is -0.286. The van der Waals surface area contributed by atoms with Gasteiger partial charge in [-0.2, -0.15) is 5.10 Å². The minimum absolute atomic E-state index is 0.272. The van der Waals surface area contributed by atoms with Crippen molar-refractivity contribution in [3.63, 3.8) is 0 Å². The first-order chi connectivity index (χ1) is 10.7. The molecule has 1 N–H and O–H groups in total. The number of likely N-dealkylation sites (tertiary alicyclic amines) is 1. The number of benzene rings is 1. The van der Waals surface area contributed by atoms with E-state index in [0.29, 0.717) is 19.0 Å². The molecule has 0 saturated carbocycles. The van der Waals surface area contributed by atoms with Gasteiger partial charge in [0.1, 0.15) is 0 Å². The van der Waals surface area contributed by atoms with Crippen LogP contribution in [0.3, 0.4) is 0 Å². The van der Waals surface area contributed by atoms with Gasteiger partial charge in [0.05, 0.1) is 18.9 Å². The second kappa shape index (κ2) is 6.85. The SMILES string of the molecule is COc1ccc(CN2C[C@@H](Cc3ccccc3)[C@H](O)C2)nn1. The summed E-state index contributed by atoms with van der Waals surface area (Å²) in [6, 6.07) is 14.1. The van der Waals surface area contributed by atoms with E-state index in [1.165, 1.54) is 5.56 Å². The van der Waals surface area contributed by atoms with E-state index in [1.807, 2.05) is 30.3 Å². The summed E-state index contributed by atoms with van der Waals surface area (Å²) in [5, 5.41) is 18.4. The number of aliphatic hydroxyl groups is 1. The summed E-state index contributed by atoms with van der Waals surface area (Å²) in [7, 11) is 1.58. The summed E-state index contributed by atoms with van der Waals surface area (Å²) < 4.78 is 5.01. The molecule has 3 rings (SSSR count). The third kappa shape index (κ3) is 3.61. The van der Waals surface area contributed by atoms with Crippen LogP contribution in [-0.2, 0) is 13.0 Å². The Kier molecular flexibility index (Phi) is 4.65. The monoisotopic (exact) mass is 299 g/mol. The summed E-state index contributed by atoms with van der Waals surface area (Å²) in [5.41, 5.74) is 2.17. The highest BCUT2D eigenvalue weighted by atomic mass is 16.5. The number of ether oxygens (including phenoxy) is 1. The van der Waals surface area contributed by atoms with Gasteiger partial charge in [0, 0.05) is 31.6 Å². The van der Waals surface area contributed by atoms with Crippen molar-refractivity contribution in [2.45, 2.75) is 19.1 Å². The lowest BCUT2D eigenvalue weighted by molar-refractivity contribution is 0.141. The van der Waals surface area contributed by atoms with E-state index in [2.05, 4.69) is 27.2 Å². The van der Waals surface area contributed by atoms with Crippen LogP contribution in [-0.4, -0.2) is 46.5 Å². The van der Waals surface area contributed by atoms with E-state index < -0.39 is 0 Å². The molecule has 0 unspecified atom stereocenters. The summed E-state index contributed by atoms with van der Waals surface area (Å²) >= 11 is 0. The van der Waals surface area contributed by atoms with Crippen LogP contribution >= 0.6 is 0 Å². The molecule has 1 aromatic heterocycles. The smallest absolute Gasteiger partial charge is 0.233 e. The van der Waals surface area contributed by atoms with Crippen molar-refractivity contribution < 1.29 is 9.84 Å². The Hall–Kier alpha value is -1.98. The van der Waals surface area contributed by atoms with Crippen molar-refractivity contribution in [2.75, 3.05) is 20.2 Å². The number of methoxy groups -OCH3 is 1. The maximum absolute atomic E-state index is 10.3. The standard InChI is InChI=1S/C17H21N3O2/c1-22-17-8-7-15(18-19-17)11-20-10-14(16(21)12-20)9-13-5-3-2-4-6-13/h2-8,14,16,21H,9-12H2,1H3/t14-,16-/m1/s1. The van der Waals surface area contributed by atoms with Gasteiger partial charge in [-0.05, 0) is 18.1 Å². The lowest BCUT2D eigenvalue weighted by atomic mass is 9.97. The molecule has 22 heavy (non-hydrogen) atoms. The average Bonchev–Trinajstić information content (AvgIpc) is 2.88. The van der Waals surface area contributed by atoms with Crippen molar-refractivity contribution in [1.82, 2.24) is 15.1 Å². The topological polar surface area (TPSA) is 58.5 Å². The Morgan fingerprint density at radius 1 is 1.14 bits per heavy atom. The van der Waals surface area contributed by atoms with E-state index in [9.17, 15) is 5.11 Å². The van der Waals surface area contributed by atoms with Gasteiger partial charge in [0.2, 0.25) is 5.88 Å². The van der Waals surface area contributed by atoms with Crippen molar-refractivity contribution in [2.24, 2.45) is 5.92 Å². The highest BCUT2D eigenvalue weighted by Gasteiger charge is 2.31. The third-order valence-electron chi connectivity index (χ3n) is 4.11. The van der Waals surface area contributed by atoms with Gasteiger partial charge in [0.15, 0.2) is 0 Å². The maximum atomic E-state index is 10.3. The normalized spacial score (nSPS) is 21.9. The lowest BCUT2D eigenvalue weighted by Crippen LogP contribution is -2.22. The van der Waals surface area contributed by atoms with E-state index in [1.54, 1.807) is 7.11 Å². The number of hydrogen-bond acceptors (Lipinski definition) is 5. The van der Waals surface area contributed by atoms with E-state index in [-0.39, 0.29) is 12.0 Å². The zero-order chi connectivity index (χ0) is 15.4.